The Bertz CT molecular complexity index is 800. The van der Waals surface area contributed by atoms with E-state index in [4.69, 9.17) is 4.74 Å². The molecule has 4 heterocycles. The molecule has 7 heteroatoms. The minimum atomic E-state index is 0.459. The lowest BCUT2D eigenvalue weighted by Crippen LogP contribution is -2.23. The van der Waals surface area contributed by atoms with Gasteiger partial charge in [0.2, 0.25) is 11.8 Å². The molecule has 0 saturated carbocycles. The first-order valence-corrected chi connectivity index (χ1v) is 7.75. The highest BCUT2D eigenvalue weighted by Gasteiger charge is 2.25. The Hall–Kier alpha value is -2.70. The standard InChI is InChI=1S/C16H18N6O/c1-12-8-18-16(19-9-12)21-6-4-13(10-21)11-23-15-3-2-14-17-5-7-22(14)20-15/h2-3,5,7-9,13H,4,6,10-11H2,1H3. The monoisotopic (exact) mass is 310 g/mol. The third-order valence-electron chi connectivity index (χ3n) is 4.03. The van der Waals surface area contributed by atoms with Gasteiger partial charge in [0.1, 0.15) is 0 Å². The first kappa shape index (κ1) is 13.9. The Morgan fingerprint density at radius 1 is 1.22 bits per heavy atom. The van der Waals surface area contributed by atoms with Crippen LogP contribution in [-0.4, -0.2) is 44.3 Å². The molecule has 1 saturated heterocycles. The zero-order valence-electron chi connectivity index (χ0n) is 13.0. The summed E-state index contributed by atoms with van der Waals surface area (Å²) >= 11 is 0. The number of hydrogen-bond donors (Lipinski definition) is 0. The second kappa shape index (κ2) is 5.83. The second-order valence-electron chi connectivity index (χ2n) is 5.87. The number of aryl methyl sites for hydroxylation is 1. The van der Waals surface area contributed by atoms with Gasteiger partial charge in [-0.3, -0.25) is 0 Å². The Morgan fingerprint density at radius 3 is 2.96 bits per heavy atom. The van der Waals surface area contributed by atoms with Crippen LogP contribution in [0.5, 0.6) is 5.88 Å². The van der Waals surface area contributed by atoms with E-state index in [1.807, 2.05) is 37.6 Å². The lowest BCUT2D eigenvalue weighted by molar-refractivity contribution is 0.249. The van der Waals surface area contributed by atoms with E-state index < -0.39 is 0 Å². The van der Waals surface area contributed by atoms with Gasteiger partial charge in [0.25, 0.3) is 0 Å². The van der Waals surface area contributed by atoms with Gasteiger partial charge in [-0.25, -0.2) is 19.5 Å². The van der Waals surface area contributed by atoms with Crippen molar-refractivity contribution in [1.82, 2.24) is 24.6 Å². The molecule has 0 aliphatic carbocycles. The van der Waals surface area contributed by atoms with Crippen LogP contribution in [0, 0.1) is 12.8 Å². The van der Waals surface area contributed by atoms with Crippen LogP contribution in [0.25, 0.3) is 5.65 Å². The molecule has 3 aromatic heterocycles. The maximum Gasteiger partial charge on any atom is 0.231 e. The van der Waals surface area contributed by atoms with Gasteiger partial charge in [-0.2, -0.15) is 0 Å². The van der Waals surface area contributed by atoms with Crippen LogP contribution in [0.2, 0.25) is 0 Å². The maximum absolute atomic E-state index is 5.84. The molecular formula is C16H18N6O. The average Bonchev–Trinajstić information content (AvgIpc) is 3.22. The molecule has 1 unspecified atom stereocenters. The first-order chi connectivity index (χ1) is 11.3. The van der Waals surface area contributed by atoms with Gasteiger partial charge in [0.05, 0.1) is 6.61 Å². The van der Waals surface area contributed by atoms with Crippen molar-refractivity contribution in [3.05, 3.63) is 42.5 Å². The van der Waals surface area contributed by atoms with E-state index in [0.29, 0.717) is 18.4 Å². The molecule has 1 atom stereocenters. The van der Waals surface area contributed by atoms with Crippen LogP contribution in [0.1, 0.15) is 12.0 Å². The number of aromatic nitrogens is 5. The molecule has 0 spiro atoms. The van der Waals surface area contributed by atoms with Crippen LogP contribution < -0.4 is 9.64 Å². The summed E-state index contributed by atoms with van der Waals surface area (Å²) in [5.74, 6) is 1.89. The molecule has 0 aromatic carbocycles. The molecule has 7 nitrogen and oxygen atoms in total. The van der Waals surface area contributed by atoms with Gasteiger partial charge in [-0.05, 0) is 25.0 Å². The fourth-order valence-electron chi connectivity index (χ4n) is 2.78. The molecule has 23 heavy (non-hydrogen) atoms. The molecule has 0 bridgehead atoms. The van der Waals surface area contributed by atoms with Crippen LogP contribution in [0.15, 0.2) is 36.9 Å². The van der Waals surface area contributed by atoms with Crippen molar-refractivity contribution >= 4 is 11.6 Å². The van der Waals surface area contributed by atoms with Gasteiger partial charge < -0.3 is 9.64 Å². The van der Waals surface area contributed by atoms with Crippen molar-refractivity contribution in [2.75, 3.05) is 24.6 Å². The zero-order chi connectivity index (χ0) is 15.6. The van der Waals surface area contributed by atoms with Gasteiger partial charge in [-0.15, -0.1) is 5.10 Å². The molecular weight excluding hydrogens is 292 g/mol. The van der Waals surface area contributed by atoms with Crippen molar-refractivity contribution in [3.8, 4) is 5.88 Å². The summed E-state index contributed by atoms with van der Waals surface area (Å²) in [6.07, 6.45) is 8.33. The SMILES string of the molecule is Cc1cnc(N2CCC(COc3ccc4nccn4n3)C2)nc1. The molecule has 0 amide bonds. The third kappa shape index (κ3) is 2.94. The molecule has 0 N–H and O–H groups in total. The maximum atomic E-state index is 5.84. The van der Waals surface area contributed by atoms with Crippen molar-refractivity contribution < 1.29 is 4.74 Å². The molecule has 1 aliphatic rings. The fraction of sp³-hybridized carbons (Fsp3) is 0.375. The van der Waals surface area contributed by atoms with Crippen LogP contribution in [0.3, 0.4) is 0 Å². The summed E-state index contributed by atoms with van der Waals surface area (Å²) in [6.45, 7) is 4.52. The number of imidazole rings is 1. The van der Waals surface area contributed by atoms with E-state index in [9.17, 15) is 0 Å². The van der Waals surface area contributed by atoms with E-state index >= 15 is 0 Å². The molecule has 118 valence electrons. The lowest BCUT2D eigenvalue weighted by Gasteiger charge is -2.16. The Balaban J connectivity index is 1.36. The average molecular weight is 310 g/mol. The number of fused-ring (bicyclic) bond motifs is 1. The Morgan fingerprint density at radius 2 is 2.09 bits per heavy atom. The van der Waals surface area contributed by atoms with Gasteiger partial charge >= 0.3 is 0 Å². The number of hydrogen-bond acceptors (Lipinski definition) is 6. The largest absolute Gasteiger partial charge is 0.476 e. The van der Waals surface area contributed by atoms with Crippen molar-refractivity contribution in [2.45, 2.75) is 13.3 Å². The van der Waals surface area contributed by atoms with E-state index in [1.165, 1.54) is 0 Å². The van der Waals surface area contributed by atoms with E-state index in [-0.39, 0.29) is 0 Å². The predicted octanol–water partition coefficient (Wildman–Crippen LogP) is 1.73. The highest BCUT2D eigenvalue weighted by molar-refractivity contribution is 5.37. The van der Waals surface area contributed by atoms with Gasteiger partial charge in [0.15, 0.2) is 5.65 Å². The summed E-state index contributed by atoms with van der Waals surface area (Å²) in [5.41, 5.74) is 1.90. The van der Waals surface area contributed by atoms with Gasteiger partial charge in [-0.1, -0.05) is 0 Å². The summed E-state index contributed by atoms with van der Waals surface area (Å²) in [6, 6.07) is 3.77. The lowest BCUT2D eigenvalue weighted by atomic mass is 10.1. The third-order valence-corrected chi connectivity index (χ3v) is 4.03. The molecule has 0 radical (unpaired) electrons. The normalized spacial score (nSPS) is 17.8. The van der Waals surface area contributed by atoms with Crippen molar-refractivity contribution in [2.24, 2.45) is 5.92 Å². The van der Waals surface area contributed by atoms with E-state index in [2.05, 4.69) is 25.0 Å². The Labute approximate surface area is 134 Å². The van der Waals surface area contributed by atoms with Gasteiger partial charge in [0, 0.05) is 49.9 Å². The first-order valence-electron chi connectivity index (χ1n) is 7.75. The summed E-state index contributed by atoms with van der Waals surface area (Å²) in [4.78, 5) is 15.2. The van der Waals surface area contributed by atoms with Crippen molar-refractivity contribution in [1.29, 1.82) is 0 Å². The summed E-state index contributed by atoms with van der Waals surface area (Å²) in [5, 5.41) is 4.38. The second-order valence-corrected chi connectivity index (χ2v) is 5.87. The van der Waals surface area contributed by atoms with Crippen molar-refractivity contribution in [3.63, 3.8) is 0 Å². The highest BCUT2D eigenvalue weighted by atomic mass is 16.5. The number of anilines is 1. The minimum absolute atomic E-state index is 0.459. The van der Waals surface area contributed by atoms with E-state index in [1.54, 1.807) is 10.7 Å². The minimum Gasteiger partial charge on any atom is -0.476 e. The Kier molecular flexibility index (Phi) is 3.53. The van der Waals surface area contributed by atoms with Crippen LogP contribution >= 0.6 is 0 Å². The number of ether oxygens (including phenoxy) is 1. The highest BCUT2D eigenvalue weighted by Crippen LogP contribution is 2.21. The number of rotatable bonds is 4. The smallest absolute Gasteiger partial charge is 0.231 e. The van der Waals surface area contributed by atoms with Crippen LogP contribution in [0.4, 0.5) is 5.95 Å². The number of nitrogens with zero attached hydrogens (tertiary/aromatic N) is 6. The molecule has 3 aromatic rings. The summed E-state index contributed by atoms with van der Waals surface area (Å²) in [7, 11) is 0. The molecule has 1 fully saturated rings. The molecule has 1 aliphatic heterocycles. The molecule has 4 rings (SSSR count). The topological polar surface area (TPSA) is 68.4 Å². The summed E-state index contributed by atoms with van der Waals surface area (Å²) < 4.78 is 7.56. The predicted molar refractivity (Wildman–Crippen MR) is 85.6 cm³/mol. The zero-order valence-corrected chi connectivity index (χ0v) is 13.0. The quantitative estimate of drug-likeness (QED) is 0.731. The van der Waals surface area contributed by atoms with Crippen LogP contribution in [-0.2, 0) is 0 Å². The van der Waals surface area contributed by atoms with E-state index in [0.717, 1.165) is 36.7 Å². The fourth-order valence-corrected chi connectivity index (χ4v) is 2.78.